The van der Waals surface area contributed by atoms with Crippen molar-refractivity contribution in [1.82, 2.24) is 14.9 Å². The molecule has 3 heterocycles. The Morgan fingerprint density at radius 1 is 1.00 bits per heavy atom. The maximum atomic E-state index is 12.9. The number of hydrogen-bond acceptors (Lipinski definition) is 5. The van der Waals surface area contributed by atoms with Crippen LogP contribution in [0.1, 0.15) is 11.3 Å². The van der Waals surface area contributed by atoms with Crippen LogP contribution >= 0.6 is 11.3 Å². The summed E-state index contributed by atoms with van der Waals surface area (Å²) in [5.74, 6) is 0.384. The number of hydrogen-bond donors (Lipinski definition) is 0. The first kappa shape index (κ1) is 18.9. The Hall–Kier alpha value is -2.45. The van der Waals surface area contributed by atoms with Crippen molar-refractivity contribution in [2.45, 2.75) is 12.7 Å². The van der Waals surface area contributed by atoms with Gasteiger partial charge in [-0.2, -0.15) is 13.2 Å². The Balaban J connectivity index is 1.36. The third-order valence-electron chi connectivity index (χ3n) is 4.73. The van der Waals surface area contributed by atoms with Gasteiger partial charge in [-0.1, -0.05) is 30.3 Å². The summed E-state index contributed by atoms with van der Waals surface area (Å²) < 4.78 is 38.7. The van der Waals surface area contributed by atoms with E-state index in [1.54, 1.807) is 11.3 Å². The molecule has 3 aromatic rings. The standard InChI is InChI=1S/C20H19F3N4S/c21-20(22,23)16-6-7-24-18(12-16)27-10-8-26(9-11-27)13-17-14-28-19(25-17)15-4-2-1-3-5-15/h1-7,12,14H,8-11,13H2. The summed E-state index contributed by atoms with van der Waals surface area (Å²) in [6.07, 6.45) is -3.12. The molecular formula is C20H19F3N4S. The van der Waals surface area contributed by atoms with Gasteiger partial charge in [-0.25, -0.2) is 9.97 Å². The van der Waals surface area contributed by atoms with Gasteiger partial charge in [0.1, 0.15) is 10.8 Å². The average molecular weight is 404 g/mol. The fraction of sp³-hybridized carbons (Fsp3) is 0.300. The van der Waals surface area contributed by atoms with E-state index in [1.165, 1.54) is 6.20 Å². The first-order valence-corrected chi connectivity index (χ1v) is 9.87. The zero-order valence-corrected chi connectivity index (χ0v) is 15.9. The molecule has 2 aromatic heterocycles. The Kier molecular flexibility index (Phi) is 5.32. The summed E-state index contributed by atoms with van der Waals surface area (Å²) in [6.45, 7) is 3.55. The van der Waals surface area contributed by atoms with Crippen LogP contribution < -0.4 is 4.90 Å². The van der Waals surface area contributed by atoms with Crippen LogP contribution in [0.2, 0.25) is 0 Å². The minimum atomic E-state index is -4.35. The maximum absolute atomic E-state index is 12.9. The number of thiazole rings is 1. The van der Waals surface area contributed by atoms with Gasteiger partial charge in [0, 0.05) is 49.9 Å². The number of nitrogens with zero attached hydrogens (tertiary/aromatic N) is 4. The van der Waals surface area contributed by atoms with E-state index in [2.05, 4.69) is 15.3 Å². The Morgan fingerprint density at radius 3 is 2.46 bits per heavy atom. The van der Waals surface area contributed by atoms with Gasteiger partial charge >= 0.3 is 6.18 Å². The normalized spacial score (nSPS) is 15.8. The lowest BCUT2D eigenvalue weighted by Crippen LogP contribution is -2.46. The molecule has 4 nitrogen and oxygen atoms in total. The van der Waals surface area contributed by atoms with Crippen molar-refractivity contribution in [2.75, 3.05) is 31.1 Å². The monoisotopic (exact) mass is 404 g/mol. The minimum Gasteiger partial charge on any atom is -0.354 e. The number of rotatable bonds is 4. The number of anilines is 1. The highest BCUT2D eigenvalue weighted by Gasteiger charge is 2.31. The fourth-order valence-corrected chi connectivity index (χ4v) is 4.04. The molecule has 8 heteroatoms. The topological polar surface area (TPSA) is 32.3 Å². The summed E-state index contributed by atoms with van der Waals surface area (Å²) in [6, 6.07) is 12.2. The highest BCUT2D eigenvalue weighted by Crippen LogP contribution is 2.31. The number of alkyl halides is 3. The fourth-order valence-electron chi connectivity index (χ4n) is 3.22. The van der Waals surface area contributed by atoms with Crippen LogP contribution in [0.4, 0.5) is 19.0 Å². The molecule has 0 aliphatic carbocycles. The molecule has 0 spiro atoms. The van der Waals surface area contributed by atoms with Crippen molar-refractivity contribution < 1.29 is 13.2 Å². The highest BCUT2D eigenvalue weighted by atomic mass is 32.1. The molecule has 4 rings (SSSR count). The number of piperazine rings is 1. The first-order chi connectivity index (χ1) is 13.5. The van der Waals surface area contributed by atoms with Crippen LogP contribution in [0, 0.1) is 0 Å². The maximum Gasteiger partial charge on any atom is 0.416 e. The third-order valence-corrected chi connectivity index (χ3v) is 5.67. The molecular weight excluding hydrogens is 385 g/mol. The van der Waals surface area contributed by atoms with Crippen LogP contribution in [-0.2, 0) is 12.7 Å². The number of benzene rings is 1. The minimum absolute atomic E-state index is 0.384. The Bertz CT molecular complexity index is 918. The molecule has 146 valence electrons. The molecule has 1 saturated heterocycles. The van der Waals surface area contributed by atoms with Crippen LogP contribution in [0.15, 0.2) is 54.0 Å². The molecule has 0 amide bonds. The number of aromatic nitrogens is 2. The van der Waals surface area contributed by atoms with Gasteiger partial charge in [0.15, 0.2) is 0 Å². The summed E-state index contributed by atoms with van der Waals surface area (Å²) >= 11 is 1.63. The molecule has 0 saturated carbocycles. The molecule has 1 fully saturated rings. The van der Waals surface area contributed by atoms with E-state index in [9.17, 15) is 13.2 Å². The van der Waals surface area contributed by atoms with E-state index in [0.29, 0.717) is 18.9 Å². The van der Waals surface area contributed by atoms with Crippen molar-refractivity contribution in [3.63, 3.8) is 0 Å². The van der Waals surface area contributed by atoms with Crippen molar-refractivity contribution in [2.24, 2.45) is 0 Å². The summed E-state index contributed by atoms with van der Waals surface area (Å²) in [5, 5.41) is 3.07. The van der Waals surface area contributed by atoms with Gasteiger partial charge < -0.3 is 4.90 Å². The van der Waals surface area contributed by atoms with Crippen LogP contribution in [0.25, 0.3) is 10.6 Å². The summed E-state index contributed by atoms with van der Waals surface area (Å²) in [4.78, 5) is 13.0. The third kappa shape index (κ3) is 4.34. The van der Waals surface area contributed by atoms with Gasteiger partial charge in [0.2, 0.25) is 0 Å². The second-order valence-corrected chi connectivity index (χ2v) is 7.53. The Morgan fingerprint density at radius 2 is 1.75 bits per heavy atom. The second-order valence-electron chi connectivity index (χ2n) is 6.67. The summed E-state index contributed by atoms with van der Waals surface area (Å²) in [5.41, 5.74) is 1.48. The zero-order valence-electron chi connectivity index (χ0n) is 15.1. The lowest BCUT2D eigenvalue weighted by atomic mass is 10.2. The van der Waals surface area contributed by atoms with E-state index in [-0.39, 0.29) is 0 Å². The van der Waals surface area contributed by atoms with E-state index in [4.69, 9.17) is 4.98 Å². The van der Waals surface area contributed by atoms with Crippen molar-refractivity contribution >= 4 is 17.2 Å². The van der Waals surface area contributed by atoms with Crippen molar-refractivity contribution in [1.29, 1.82) is 0 Å². The van der Waals surface area contributed by atoms with E-state index >= 15 is 0 Å². The lowest BCUT2D eigenvalue weighted by molar-refractivity contribution is -0.137. The molecule has 0 radical (unpaired) electrons. The number of halogens is 3. The van der Waals surface area contributed by atoms with Crippen molar-refractivity contribution in [3.05, 3.63) is 65.3 Å². The molecule has 0 unspecified atom stereocenters. The smallest absolute Gasteiger partial charge is 0.354 e. The number of pyridine rings is 1. The quantitative estimate of drug-likeness (QED) is 0.639. The van der Waals surface area contributed by atoms with Gasteiger partial charge in [-0.3, -0.25) is 4.90 Å². The molecule has 1 aliphatic heterocycles. The lowest BCUT2D eigenvalue weighted by Gasteiger charge is -2.35. The SMILES string of the molecule is FC(F)(F)c1ccnc(N2CCN(Cc3csc(-c4ccccc4)n3)CC2)c1. The predicted octanol–water partition coefficient (Wildman–Crippen LogP) is 4.55. The van der Waals surface area contributed by atoms with E-state index in [1.807, 2.05) is 35.2 Å². The largest absolute Gasteiger partial charge is 0.416 e. The van der Waals surface area contributed by atoms with Crippen LogP contribution in [-0.4, -0.2) is 41.0 Å². The average Bonchev–Trinajstić information content (AvgIpc) is 3.17. The molecule has 0 bridgehead atoms. The van der Waals surface area contributed by atoms with Gasteiger partial charge in [0.05, 0.1) is 11.3 Å². The van der Waals surface area contributed by atoms with Crippen LogP contribution in [0.3, 0.4) is 0 Å². The predicted molar refractivity (Wildman–Crippen MR) is 104 cm³/mol. The first-order valence-electron chi connectivity index (χ1n) is 8.99. The van der Waals surface area contributed by atoms with Crippen molar-refractivity contribution in [3.8, 4) is 10.6 Å². The zero-order chi connectivity index (χ0) is 19.6. The molecule has 1 aromatic carbocycles. The van der Waals surface area contributed by atoms with Gasteiger partial charge in [-0.05, 0) is 12.1 Å². The molecule has 1 aliphatic rings. The molecule has 28 heavy (non-hydrogen) atoms. The van der Waals surface area contributed by atoms with E-state index in [0.717, 1.165) is 48.0 Å². The summed E-state index contributed by atoms with van der Waals surface area (Å²) in [7, 11) is 0. The molecule has 0 atom stereocenters. The highest BCUT2D eigenvalue weighted by molar-refractivity contribution is 7.13. The van der Waals surface area contributed by atoms with Gasteiger partial charge in [-0.15, -0.1) is 11.3 Å². The Labute approximate surface area is 165 Å². The van der Waals surface area contributed by atoms with Gasteiger partial charge in [0.25, 0.3) is 0 Å². The second kappa shape index (κ2) is 7.89. The van der Waals surface area contributed by atoms with E-state index < -0.39 is 11.7 Å². The van der Waals surface area contributed by atoms with Crippen LogP contribution in [0.5, 0.6) is 0 Å². The molecule has 0 N–H and O–H groups in total.